The molecule has 1 amide bonds. The number of halogens is 3. The number of aromatic nitrogens is 2. The molecule has 0 unspecified atom stereocenters. The van der Waals surface area contributed by atoms with Crippen molar-refractivity contribution < 1.29 is 22.7 Å². The van der Waals surface area contributed by atoms with Gasteiger partial charge in [0.1, 0.15) is 5.75 Å². The van der Waals surface area contributed by atoms with Crippen molar-refractivity contribution in [3.05, 3.63) is 72.1 Å². The van der Waals surface area contributed by atoms with E-state index >= 15 is 0 Å². The van der Waals surface area contributed by atoms with Crippen LogP contribution in [0.3, 0.4) is 0 Å². The van der Waals surface area contributed by atoms with E-state index in [1.165, 1.54) is 30.1 Å². The second-order valence-corrected chi connectivity index (χ2v) is 6.04. The smallest absolute Gasteiger partial charge is 0.418 e. The summed E-state index contributed by atoms with van der Waals surface area (Å²) in [5.41, 5.74) is -0.144. The molecular weight excluding hydrogens is 371 g/mol. The highest BCUT2D eigenvalue weighted by atomic mass is 19.4. The summed E-state index contributed by atoms with van der Waals surface area (Å²) < 4.78 is 47.0. The first-order valence-electron chi connectivity index (χ1n) is 8.51. The molecule has 1 aromatic heterocycles. The number of nitrogens with one attached hydrogen (secondary N) is 1. The third-order valence-electron chi connectivity index (χ3n) is 4.17. The maximum absolute atomic E-state index is 13.5. The monoisotopic (exact) mass is 389 g/mol. The largest absolute Gasteiger partial charge is 0.496 e. The number of ether oxygens (including phenoxy) is 1. The molecular formula is C20H18F3N3O2. The lowest BCUT2D eigenvalue weighted by Crippen LogP contribution is -2.17. The van der Waals surface area contributed by atoms with Gasteiger partial charge >= 0.3 is 6.18 Å². The molecule has 5 nitrogen and oxygen atoms in total. The van der Waals surface area contributed by atoms with E-state index in [9.17, 15) is 18.0 Å². The van der Waals surface area contributed by atoms with Crippen molar-refractivity contribution in [3.8, 4) is 11.4 Å². The van der Waals surface area contributed by atoms with Crippen LogP contribution in [0.1, 0.15) is 17.5 Å². The highest BCUT2D eigenvalue weighted by Crippen LogP contribution is 2.36. The number of hydrogen-bond donors (Lipinski definition) is 1. The van der Waals surface area contributed by atoms with Gasteiger partial charge in [0.2, 0.25) is 5.91 Å². The van der Waals surface area contributed by atoms with Crippen molar-refractivity contribution in [2.24, 2.45) is 0 Å². The fraction of sp³-hybridized carbons (Fsp3) is 0.200. The number of hydrogen-bond acceptors (Lipinski definition) is 3. The highest BCUT2D eigenvalue weighted by molar-refractivity contribution is 5.92. The van der Waals surface area contributed by atoms with Gasteiger partial charge in [-0.2, -0.15) is 18.3 Å². The molecule has 1 N–H and O–H groups in total. The Kier molecular flexibility index (Phi) is 5.67. The van der Waals surface area contributed by atoms with Gasteiger partial charge in [-0.3, -0.25) is 4.79 Å². The Balaban J connectivity index is 1.76. The van der Waals surface area contributed by atoms with Crippen LogP contribution in [0, 0.1) is 0 Å². The molecule has 2 aromatic carbocycles. The van der Waals surface area contributed by atoms with Gasteiger partial charge in [-0.25, -0.2) is 4.68 Å². The highest BCUT2D eigenvalue weighted by Gasteiger charge is 2.34. The summed E-state index contributed by atoms with van der Waals surface area (Å²) in [5, 5.41) is 6.30. The summed E-state index contributed by atoms with van der Waals surface area (Å²) in [6.45, 7) is 0. The Morgan fingerprint density at radius 3 is 2.64 bits per heavy atom. The summed E-state index contributed by atoms with van der Waals surface area (Å²) in [4.78, 5) is 12.2. The Bertz CT molecular complexity index is 954. The predicted molar refractivity (Wildman–Crippen MR) is 98.5 cm³/mol. The first-order chi connectivity index (χ1) is 13.4. The van der Waals surface area contributed by atoms with Crippen molar-refractivity contribution >= 4 is 11.6 Å². The standard InChI is InChI=1S/C20H18F3N3O2/c1-28-18-6-3-2-5-14(18)7-10-19(27)25-17-9-8-15(26-12-4-11-24-26)13-16(17)20(21,22)23/h2-6,8-9,11-13H,7,10H2,1H3,(H,25,27). The minimum absolute atomic E-state index is 0.0264. The van der Waals surface area contributed by atoms with Crippen molar-refractivity contribution in [2.75, 3.05) is 12.4 Å². The molecule has 3 aromatic rings. The predicted octanol–water partition coefficient (Wildman–Crippen LogP) is 4.47. The van der Waals surface area contributed by atoms with Gasteiger partial charge < -0.3 is 10.1 Å². The molecule has 0 radical (unpaired) electrons. The van der Waals surface area contributed by atoms with Gasteiger partial charge in [-0.1, -0.05) is 18.2 Å². The molecule has 146 valence electrons. The van der Waals surface area contributed by atoms with E-state index in [1.807, 2.05) is 12.1 Å². The molecule has 0 spiro atoms. The van der Waals surface area contributed by atoms with Crippen LogP contribution in [0.15, 0.2) is 60.9 Å². The van der Waals surface area contributed by atoms with E-state index < -0.39 is 17.6 Å². The van der Waals surface area contributed by atoms with Gasteiger partial charge in [0.25, 0.3) is 0 Å². The minimum atomic E-state index is -4.62. The number of carbonyl (C=O) groups excluding carboxylic acids is 1. The zero-order valence-electron chi connectivity index (χ0n) is 15.0. The molecule has 8 heteroatoms. The Labute approximate surface area is 159 Å². The molecule has 28 heavy (non-hydrogen) atoms. The molecule has 0 saturated carbocycles. The van der Waals surface area contributed by atoms with Gasteiger partial charge in [-0.15, -0.1) is 0 Å². The molecule has 0 fully saturated rings. The minimum Gasteiger partial charge on any atom is -0.496 e. The van der Waals surface area contributed by atoms with Crippen LogP contribution in [-0.4, -0.2) is 22.8 Å². The second-order valence-electron chi connectivity index (χ2n) is 6.04. The van der Waals surface area contributed by atoms with Crippen LogP contribution in [0.4, 0.5) is 18.9 Å². The number of nitrogens with zero attached hydrogens (tertiary/aromatic N) is 2. The average Bonchev–Trinajstić information content (AvgIpc) is 3.21. The lowest BCUT2D eigenvalue weighted by molar-refractivity contribution is -0.137. The van der Waals surface area contributed by atoms with Gasteiger partial charge in [0, 0.05) is 18.8 Å². The zero-order valence-corrected chi connectivity index (χ0v) is 15.0. The van der Waals surface area contributed by atoms with E-state index in [2.05, 4.69) is 10.4 Å². The second kappa shape index (κ2) is 8.16. The third kappa shape index (κ3) is 4.51. The summed E-state index contributed by atoms with van der Waals surface area (Å²) in [6, 6.07) is 12.5. The fourth-order valence-electron chi connectivity index (χ4n) is 2.81. The Hall–Kier alpha value is -3.29. The Morgan fingerprint density at radius 1 is 1.18 bits per heavy atom. The number of benzene rings is 2. The van der Waals surface area contributed by atoms with Crippen molar-refractivity contribution in [2.45, 2.75) is 19.0 Å². The van der Waals surface area contributed by atoms with E-state index in [-0.39, 0.29) is 17.8 Å². The molecule has 1 heterocycles. The molecule has 0 bridgehead atoms. The number of methoxy groups -OCH3 is 1. The maximum atomic E-state index is 13.5. The molecule has 0 aliphatic carbocycles. The summed E-state index contributed by atoms with van der Waals surface area (Å²) in [5.74, 6) is 0.123. The number of carbonyl (C=O) groups is 1. The first kappa shape index (κ1) is 19.5. The van der Waals surface area contributed by atoms with Gasteiger partial charge in [0.05, 0.1) is 24.0 Å². The maximum Gasteiger partial charge on any atom is 0.418 e. The van der Waals surface area contributed by atoms with Crippen LogP contribution in [0.25, 0.3) is 5.69 Å². The SMILES string of the molecule is COc1ccccc1CCC(=O)Nc1ccc(-n2cccn2)cc1C(F)(F)F. The van der Waals surface area contributed by atoms with Crippen LogP contribution in [0.5, 0.6) is 5.75 Å². The number of anilines is 1. The van der Waals surface area contributed by atoms with E-state index in [0.29, 0.717) is 12.2 Å². The van der Waals surface area contributed by atoms with E-state index in [1.54, 1.807) is 24.4 Å². The molecule has 3 rings (SSSR count). The quantitative estimate of drug-likeness (QED) is 0.677. The molecule has 0 aliphatic heterocycles. The van der Waals surface area contributed by atoms with E-state index in [0.717, 1.165) is 11.6 Å². The summed E-state index contributed by atoms with van der Waals surface area (Å²) in [6.07, 6.45) is -1.22. The van der Waals surface area contributed by atoms with Crippen LogP contribution >= 0.6 is 0 Å². The normalized spacial score (nSPS) is 11.3. The molecule has 0 aliphatic rings. The molecule has 0 atom stereocenters. The summed E-state index contributed by atoms with van der Waals surface area (Å²) in [7, 11) is 1.52. The number of alkyl halides is 3. The topological polar surface area (TPSA) is 56.1 Å². The Morgan fingerprint density at radius 2 is 1.96 bits per heavy atom. The third-order valence-corrected chi connectivity index (χ3v) is 4.17. The van der Waals surface area contributed by atoms with Crippen LogP contribution < -0.4 is 10.1 Å². The van der Waals surface area contributed by atoms with Gasteiger partial charge in [0.15, 0.2) is 0 Å². The lowest BCUT2D eigenvalue weighted by atomic mass is 10.1. The number of amides is 1. The van der Waals surface area contributed by atoms with Crippen molar-refractivity contribution in [1.82, 2.24) is 9.78 Å². The summed E-state index contributed by atoms with van der Waals surface area (Å²) >= 11 is 0. The van der Waals surface area contributed by atoms with Crippen LogP contribution in [-0.2, 0) is 17.4 Å². The van der Waals surface area contributed by atoms with Crippen LogP contribution in [0.2, 0.25) is 0 Å². The number of para-hydroxylation sites is 1. The molecule has 0 saturated heterocycles. The van der Waals surface area contributed by atoms with Crippen molar-refractivity contribution in [1.29, 1.82) is 0 Å². The number of aryl methyl sites for hydroxylation is 1. The average molecular weight is 389 g/mol. The lowest BCUT2D eigenvalue weighted by Gasteiger charge is -2.15. The number of rotatable bonds is 6. The van der Waals surface area contributed by atoms with Crippen molar-refractivity contribution in [3.63, 3.8) is 0 Å². The fourth-order valence-corrected chi connectivity index (χ4v) is 2.81. The first-order valence-corrected chi connectivity index (χ1v) is 8.51. The zero-order chi connectivity index (χ0) is 20.1. The van der Waals surface area contributed by atoms with E-state index in [4.69, 9.17) is 4.74 Å². The van der Waals surface area contributed by atoms with Gasteiger partial charge in [-0.05, 0) is 42.3 Å².